The summed E-state index contributed by atoms with van der Waals surface area (Å²) in [6.07, 6.45) is 0.383. The lowest BCUT2D eigenvalue weighted by Gasteiger charge is -2.31. The van der Waals surface area contributed by atoms with Crippen molar-refractivity contribution in [2.45, 2.75) is 38.6 Å². The zero-order valence-corrected chi connectivity index (χ0v) is 14.1. The zero-order chi connectivity index (χ0) is 17.8. The summed E-state index contributed by atoms with van der Waals surface area (Å²) in [5, 5.41) is 22.5. The van der Waals surface area contributed by atoms with Gasteiger partial charge in [0.05, 0.1) is 28.5 Å². The Labute approximate surface area is 140 Å². The van der Waals surface area contributed by atoms with Gasteiger partial charge in [0.25, 0.3) is 11.6 Å². The molecule has 0 saturated carbocycles. The van der Waals surface area contributed by atoms with Gasteiger partial charge in [0, 0.05) is 0 Å². The quantitative estimate of drug-likeness (QED) is 0.548. The van der Waals surface area contributed by atoms with E-state index in [-0.39, 0.29) is 16.5 Å². The van der Waals surface area contributed by atoms with Gasteiger partial charge in [-0.1, -0.05) is 13.8 Å². The fourth-order valence-corrected chi connectivity index (χ4v) is 2.75. The largest absolute Gasteiger partial charge is 0.481 e. The minimum absolute atomic E-state index is 0.155. The van der Waals surface area contributed by atoms with Gasteiger partial charge in [-0.25, -0.2) is 4.39 Å². The second-order valence-electron chi connectivity index (χ2n) is 5.06. The number of nitro benzene ring substituents is 1. The lowest BCUT2D eigenvalue weighted by molar-refractivity contribution is -0.385. The topological polar surface area (TPSA) is 110 Å². The Morgan fingerprint density at radius 1 is 1.39 bits per heavy atom. The molecule has 23 heavy (non-hydrogen) atoms. The van der Waals surface area contributed by atoms with Crippen LogP contribution in [-0.2, 0) is 4.79 Å². The first-order chi connectivity index (χ1) is 10.7. The summed E-state index contributed by atoms with van der Waals surface area (Å²) in [6.45, 7) is 3.44. The maximum Gasteiger partial charge on any atom is 0.305 e. The molecule has 0 radical (unpaired) electrons. The Morgan fingerprint density at radius 3 is 2.39 bits per heavy atom. The number of carbonyl (C=O) groups excluding carboxylic acids is 1. The minimum atomic E-state index is -1.08. The van der Waals surface area contributed by atoms with E-state index < -0.39 is 33.8 Å². The van der Waals surface area contributed by atoms with Gasteiger partial charge in [0.1, 0.15) is 10.3 Å². The molecule has 0 atom stereocenters. The molecule has 0 fully saturated rings. The van der Waals surface area contributed by atoms with Crippen LogP contribution in [0.1, 0.15) is 43.5 Å². The molecule has 0 aliphatic carbocycles. The van der Waals surface area contributed by atoms with Crippen LogP contribution in [-0.4, -0.2) is 27.4 Å². The van der Waals surface area contributed by atoms with Crippen LogP contribution in [0.15, 0.2) is 16.6 Å². The fourth-order valence-electron chi connectivity index (χ4n) is 2.19. The van der Waals surface area contributed by atoms with E-state index in [9.17, 15) is 24.1 Å². The van der Waals surface area contributed by atoms with Crippen molar-refractivity contribution >= 4 is 33.5 Å². The molecule has 7 nitrogen and oxygen atoms in total. The molecule has 1 aromatic rings. The van der Waals surface area contributed by atoms with Crippen molar-refractivity contribution in [1.29, 1.82) is 0 Å². The smallest absolute Gasteiger partial charge is 0.305 e. The van der Waals surface area contributed by atoms with Crippen molar-refractivity contribution in [2.75, 3.05) is 0 Å². The number of nitrogens with one attached hydrogen (secondary N) is 1. The summed E-state index contributed by atoms with van der Waals surface area (Å²) < 4.78 is 13.4. The number of rotatable bonds is 7. The summed E-state index contributed by atoms with van der Waals surface area (Å²) in [5.74, 6) is -2.79. The Morgan fingerprint density at radius 2 is 1.96 bits per heavy atom. The predicted octanol–water partition coefficient (Wildman–Crippen LogP) is 3.26. The Hall–Kier alpha value is -2.03. The Bertz CT molecular complexity index is 646. The molecule has 0 aliphatic rings. The lowest BCUT2D eigenvalue weighted by Crippen LogP contribution is -2.49. The summed E-state index contributed by atoms with van der Waals surface area (Å²) in [6, 6.07) is 1.56. The highest BCUT2D eigenvalue weighted by molar-refractivity contribution is 9.10. The van der Waals surface area contributed by atoms with E-state index in [0.717, 1.165) is 6.07 Å². The second-order valence-corrected chi connectivity index (χ2v) is 5.85. The molecular weight excluding hydrogens is 375 g/mol. The number of benzene rings is 1. The second kappa shape index (κ2) is 7.49. The van der Waals surface area contributed by atoms with Gasteiger partial charge in [-0.05, 0) is 34.8 Å². The molecule has 0 saturated heterocycles. The van der Waals surface area contributed by atoms with E-state index in [0.29, 0.717) is 18.9 Å². The van der Waals surface area contributed by atoms with E-state index in [4.69, 9.17) is 5.11 Å². The van der Waals surface area contributed by atoms with E-state index in [1.54, 1.807) is 13.8 Å². The molecule has 1 rings (SSSR count). The number of carboxylic acid groups (broad SMARTS) is 1. The van der Waals surface area contributed by atoms with Gasteiger partial charge in [-0.2, -0.15) is 0 Å². The van der Waals surface area contributed by atoms with Crippen LogP contribution in [0.4, 0.5) is 10.1 Å². The molecule has 126 valence electrons. The molecule has 0 spiro atoms. The Balaban J connectivity index is 3.24. The summed E-state index contributed by atoms with van der Waals surface area (Å²) >= 11 is 2.93. The highest BCUT2D eigenvalue weighted by Crippen LogP contribution is 2.30. The van der Waals surface area contributed by atoms with Gasteiger partial charge >= 0.3 is 5.97 Å². The number of hydrogen-bond donors (Lipinski definition) is 2. The van der Waals surface area contributed by atoms with Crippen LogP contribution in [0.25, 0.3) is 0 Å². The van der Waals surface area contributed by atoms with Crippen LogP contribution in [0.5, 0.6) is 0 Å². The van der Waals surface area contributed by atoms with Gasteiger partial charge in [0.15, 0.2) is 0 Å². The third-order valence-electron chi connectivity index (χ3n) is 3.68. The third-order valence-corrected chi connectivity index (χ3v) is 4.51. The molecule has 1 amide bonds. The van der Waals surface area contributed by atoms with Crippen LogP contribution in [0.3, 0.4) is 0 Å². The average molecular weight is 391 g/mol. The number of halogens is 2. The van der Waals surface area contributed by atoms with Crippen molar-refractivity contribution in [3.8, 4) is 0 Å². The van der Waals surface area contributed by atoms with E-state index in [1.165, 1.54) is 0 Å². The number of nitro groups is 1. The number of carbonyl (C=O) groups is 2. The first-order valence-electron chi connectivity index (χ1n) is 6.83. The summed E-state index contributed by atoms with van der Waals surface area (Å²) in [5.41, 5.74) is -1.84. The number of amides is 1. The highest BCUT2D eigenvalue weighted by Gasteiger charge is 2.33. The number of carboxylic acids is 1. The summed E-state index contributed by atoms with van der Waals surface area (Å²) in [7, 11) is 0. The Kier molecular flexibility index (Phi) is 6.20. The van der Waals surface area contributed by atoms with Gasteiger partial charge < -0.3 is 10.4 Å². The maximum atomic E-state index is 13.5. The molecular formula is C14H16BrFN2O5. The molecule has 0 aliphatic heterocycles. The first-order valence-corrected chi connectivity index (χ1v) is 7.62. The molecule has 1 aromatic carbocycles. The molecule has 9 heteroatoms. The van der Waals surface area contributed by atoms with Crippen molar-refractivity contribution in [3.63, 3.8) is 0 Å². The molecule has 2 N–H and O–H groups in total. The van der Waals surface area contributed by atoms with Gasteiger partial charge in [0.2, 0.25) is 0 Å². The number of aliphatic carboxylic acids is 1. The highest BCUT2D eigenvalue weighted by atomic mass is 79.9. The van der Waals surface area contributed by atoms with Crippen LogP contribution in [0, 0.1) is 15.9 Å². The van der Waals surface area contributed by atoms with Crippen LogP contribution >= 0.6 is 15.9 Å². The predicted molar refractivity (Wildman–Crippen MR) is 83.8 cm³/mol. The molecule has 0 aromatic heterocycles. The third kappa shape index (κ3) is 4.47. The lowest BCUT2D eigenvalue weighted by atomic mass is 9.88. The van der Waals surface area contributed by atoms with Crippen LogP contribution < -0.4 is 5.32 Å². The van der Waals surface area contributed by atoms with Crippen molar-refractivity contribution in [1.82, 2.24) is 5.32 Å². The molecule has 0 unspecified atom stereocenters. The average Bonchev–Trinajstić information content (AvgIpc) is 2.47. The van der Waals surface area contributed by atoms with E-state index >= 15 is 0 Å². The van der Waals surface area contributed by atoms with Crippen molar-refractivity contribution < 1.29 is 24.0 Å². The van der Waals surface area contributed by atoms with Crippen molar-refractivity contribution in [3.05, 3.63) is 38.1 Å². The standard InChI is InChI=1S/C14H16BrFN2O5/c1-3-14(4-2,7-11(19)20)17-13(21)9-5-8(16)6-10(12(9)15)18(22)23/h5-6H,3-4,7H2,1-2H3,(H,17,21)(H,19,20). The molecule has 0 heterocycles. The number of nitrogens with zero attached hydrogens (tertiary/aromatic N) is 1. The number of hydrogen-bond acceptors (Lipinski definition) is 4. The normalized spacial score (nSPS) is 11.1. The fraction of sp³-hybridized carbons (Fsp3) is 0.429. The molecule has 0 bridgehead atoms. The SMILES string of the molecule is CCC(CC)(CC(=O)O)NC(=O)c1cc(F)cc([N+](=O)[O-])c1Br. The van der Waals surface area contributed by atoms with Gasteiger partial charge in [-0.3, -0.25) is 19.7 Å². The van der Waals surface area contributed by atoms with Crippen LogP contribution in [0.2, 0.25) is 0 Å². The summed E-state index contributed by atoms with van der Waals surface area (Å²) in [4.78, 5) is 33.5. The van der Waals surface area contributed by atoms with Gasteiger partial charge in [-0.15, -0.1) is 0 Å². The first kappa shape index (κ1) is 19.0. The zero-order valence-electron chi connectivity index (χ0n) is 12.6. The van der Waals surface area contributed by atoms with E-state index in [1.807, 2.05) is 0 Å². The van der Waals surface area contributed by atoms with E-state index in [2.05, 4.69) is 21.2 Å². The van der Waals surface area contributed by atoms with Crippen molar-refractivity contribution in [2.24, 2.45) is 0 Å². The minimum Gasteiger partial charge on any atom is -0.481 e. The monoisotopic (exact) mass is 390 g/mol. The maximum absolute atomic E-state index is 13.5.